The quantitative estimate of drug-likeness (QED) is 0.693. The van der Waals surface area contributed by atoms with E-state index < -0.39 is 5.97 Å². The van der Waals surface area contributed by atoms with Crippen LogP contribution in [0.15, 0.2) is 12.7 Å². The Bertz CT molecular complexity index is 718. The van der Waals surface area contributed by atoms with Gasteiger partial charge in [-0.25, -0.2) is 15.0 Å². The van der Waals surface area contributed by atoms with Crippen molar-refractivity contribution < 1.29 is 9.90 Å². The Hall–Kier alpha value is -2.55. The van der Waals surface area contributed by atoms with E-state index in [0.717, 1.165) is 55.3 Å². The molecular weight excluding hydrogens is 322 g/mol. The first kappa shape index (κ1) is 17.3. The van der Waals surface area contributed by atoms with Crippen molar-refractivity contribution in [2.24, 2.45) is 0 Å². The van der Waals surface area contributed by atoms with Gasteiger partial charge in [0.15, 0.2) is 0 Å². The van der Waals surface area contributed by atoms with E-state index in [4.69, 9.17) is 5.11 Å². The highest BCUT2D eigenvalue weighted by Crippen LogP contribution is 2.21. The van der Waals surface area contributed by atoms with Gasteiger partial charge in [-0.15, -0.1) is 0 Å². The third kappa shape index (κ3) is 4.72. The van der Waals surface area contributed by atoms with Gasteiger partial charge in [0.05, 0.1) is 12.2 Å². The van der Waals surface area contributed by atoms with Gasteiger partial charge in [-0.1, -0.05) is 0 Å². The second-order valence-electron chi connectivity index (χ2n) is 6.15. The van der Waals surface area contributed by atoms with E-state index in [2.05, 4.69) is 25.4 Å². The molecule has 0 atom stereocenters. The average molecular weight is 345 g/mol. The third-order valence-corrected chi connectivity index (χ3v) is 4.23. The van der Waals surface area contributed by atoms with Crippen LogP contribution >= 0.6 is 0 Å². The summed E-state index contributed by atoms with van der Waals surface area (Å²) in [6.07, 6.45) is 5.65. The minimum Gasteiger partial charge on any atom is -0.480 e. The molecule has 2 aromatic heterocycles. The number of aliphatic carboxylic acids is 1. The maximum absolute atomic E-state index is 11.0. The highest BCUT2D eigenvalue weighted by Gasteiger charge is 2.20. The molecule has 134 valence electrons. The molecule has 0 aliphatic carbocycles. The van der Waals surface area contributed by atoms with Gasteiger partial charge in [0, 0.05) is 38.2 Å². The zero-order valence-corrected chi connectivity index (χ0v) is 14.4. The number of rotatable bonds is 7. The Morgan fingerprint density at radius 1 is 1.32 bits per heavy atom. The van der Waals surface area contributed by atoms with E-state index in [1.54, 1.807) is 11.0 Å². The van der Waals surface area contributed by atoms with E-state index in [9.17, 15) is 4.79 Å². The van der Waals surface area contributed by atoms with Crippen molar-refractivity contribution in [3.05, 3.63) is 29.7 Å². The second kappa shape index (κ2) is 8.02. The molecule has 2 N–H and O–H groups in total. The maximum Gasteiger partial charge on any atom is 0.317 e. The van der Waals surface area contributed by atoms with E-state index in [1.807, 2.05) is 11.8 Å². The number of aryl methyl sites for hydroxylation is 2. The molecule has 0 radical (unpaired) electrons. The zero-order chi connectivity index (χ0) is 17.6. The lowest BCUT2D eigenvalue weighted by atomic mass is 10.1. The fraction of sp³-hybridized carbons (Fsp3) is 0.562. The minimum absolute atomic E-state index is 0.0705. The number of aromatic nitrogens is 5. The molecule has 0 saturated heterocycles. The molecule has 1 aliphatic heterocycles. The number of hydrogen-bond donors (Lipinski definition) is 2. The lowest BCUT2D eigenvalue weighted by molar-refractivity contribution is -0.138. The van der Waals surface area contributed by atoms with Crippen LogP contribution in [0.3, 0.4) is 0 Å². The van der Waals surface area contributed by atoms with Gasteiger partial charge in [0.1, 0.15) is 24.3 Å². The van der Waals surface area contributed by atoms with Crippen molar-refractivity contribution in [3.8, 4) is 0 Å². The Morgan fingerprint density at radius 2 is 2.16 bits per heavy atom. The van der Waals surface area contributed by atoms with Crippen LogP contribution in [0.1, 0.15) is 23.5 Å². The average Bonchev–Trinajstić information content (AvgIpc) is 3.00. The maximum atomic E-state index is 11.0. The van der Waals surface area contributed by atoms with Crippen LogP contribution in [-0.2, 0) is 24.2 Å². The topological polar surface area (TPSA) is 109 Å². The normalized spacial score (nSPS) is 14.8. The van der Waals surface area contributed by atoms with Gasteiger partial charge in [0.2, 0.25) is 0 Å². The van der Waals surface area contributed by atoms with Crippen LogP contribution < -0.4 is 5.32 Å². The van der Waals surface area contributed by atoms with Gasteiger partial charge in [-0.2, -0.15) is 5.10 Å². The standard InChI is InChI=1S/C16H23N7O2/c1-12-20-14-4-8-22(9-15(24)25)7-3-13(14)16(21-12)18-5-2-6-23-11-17-10-19-23/h10-11H,2-9H2,1H3,(H,24,25)(H,18,20,21). The van der Waals surface area contributed by atoms with Gasteiger partial charge in [-0.05, 0) is 19.8 Å². The van der Waals surface area contributed by atoms with Crippen LogP contribution in [-0.4, -0.2) is 66.9 Å². The molecule has 2 aromatic rings. The molecule has 25 heavy (non-hydrogen) atoms. The summed E-state index contributed by atoms with van der Waals surface area (Å²) >= 11 is 0. The summed E-state index contributed by atoms with van der Waals surface area (Å²) in [6.45, 7) is 4.95. The lowest BCUT2D eigenvalue weighted by Crippen LogP contribution is -2.31. The molecule has 0 spiro atoms. The monoisotopic (exact) mass is 345 g/mol. The predicted molar refractivity (Wildman–Crippen MR) is 91.4 cm³/mol. The van der Waals surface area contributed by atoms with Crippen LogP contribution in [0, 0.1) is 6.92 Å². The molecule has 0 unspecified atom stereocenters. The molecule has 0 saturated carbocycles. The number of nitrogens with one attached hydrogen (secondary N) is 1. The molecule has 9 heteroatoms. The number of fused-ring (bicyclic) bond motifs is 1. The lowest BCUT2D eigenvalue weighted by Gasteiger charge is -2.16. The Morgan fingerprint density at radius 3 is 2.92 bits per heavy atom. The van der Waals surface area contributed by atoms with Crippen molar-refractivity contribution in [3.63, 3.8) is 0 Å². The first-order valence-corrected chi connectivity index (χ1v) is 8.48. The third-order valence-electron chi connectivity index (χ3n) is 4.23. The summed E-state index contributed by atoms with van der Waals surface area (Å²) in [5, 5.41) is 16.5. The summed E-state index contributed by atoms with van der Waals surface area (Å²) in [7, 11) is 0. The molecule has 0 amide bonds. The molecule has 1 aliphatic rings. The summed E-state index contributed by atoms with van der Waals surface area (Å²) in [6, 6.07) is 0. The van der Waals surface area contributed by atoms with Crippen LogP contribution in [0.4, 0.5) is 5.82 Å². The number of carboxylic acids is 1. The predicted octanol–water partition coefficient (Wildman–Crippen LogP) is 0.364. The molecule has 9 nitrogen and oxygen atoms in total. The number of anilines is 1. The van der Waals surface area contributed by atoms with Crippen molar-refractivity contribution in [2.45, 2.75) is 32.7 Å². The van der Waals surface area contributed by atoms with E-state index in [-0.39, 0.29) is 6.54 Å². The summed E-state index contributed by atoms with van der Waals surface area (Å²) < 4.78 is 1.80. The minimum atomic E-state index is -0.792. The van der Waals surface area contributed by atoms with E-state index in [1.165, 1.54) is 6.33 Å². The number of hydrogen-bond acceptors (Lipinski definition) is 7. The van der Waals surface area contributed by atoms with Gasteiger partial charge >= 0.3 is 5.97 Å². The smallest absolute Gasteiger partial charge is 0.317 e. The highest BCUT2D eigenvalue weighted by atomic mass is 16.4. The van der Waals surface area contributed by atoms with Crippen LogP contribution in [0.5, 0.6) is 0 Å². The number of nitrogens with zero attached hydrogens (tertiary/aromatic N) is 6. The van der Waals surface area contributed by atoms with E-state index >= 15 is 0 Å². The van der Waals surface area contributed by atoms with E-state index in [0.29, 0.717) is 13.1 Å². The van der Waals surface area contributed by atoms with Crippen molar-refractivity contribution in [1.82, 2.24) is 29.6 Å². The van der Waals surface area contributed by atoms with Crippen LogP contribution in [0.2, 0.25) is 0 Å². The Labute approximate surface area is 146 Å². The SMILES string of the molecule is Cc1nc2c(c(NCCCn3cncn3)n1)CCN(CC(=O)O)CC2. The number of carbonyl (C=O) groups is 1. The fourth-order valence-corrected chi connectivity index (χ4v) is 3.06. The van der Waals surface area contributed by atoms with Gasteiger partial charge in [0.25, 0.3) is 0 Å². The summed E-state index contributed by atoms with van der Waals surface area (Å²) in [4.78, 5) is 26.0. The Balaban J connectivity index is 1.63. The largest absolute Gasteiger partial charge is 0.480 e. The molecule has 0 fully saturated rings. The zero-order valence-electron chi connectivity index (χ0n) is 14.4. The summed E-state index contributed by atoms with van der Waals surface area (Å²) in [5.41, 5.74) is 2.14. The molecule has 0 aromatic carbocycles. The molecule has 3 heterocycles. The highest BCUT2D eigenvalue weighted by molar-refractivity contribution is 5.69. The van der Waals surface area contributed by atoms with Crippen molar-refractivity contribution in [1.29, 1.82) is 0 Å². The fourth-order valence-electron chi connectivity index (χ4n) is 3.06. The molecule has 3 rings (SSSR count). The first-order valence-electron chi connectivity index (χ1n) is 8.48. The summed E-state index contributed by atoms with van der Waals surface area (Å²) in [5.74, 6) is 0.821. The van der Waals surface area contributed by atoms with Gasteiger partial charge in [-0.3, -0.25) is 14.4 Å². The number of carboxylic acid groups (broad SMARTS) is 1. The van der Waals surface area contributed by atoms with Crippen molar-refractivity contribution in [2.75, 3.05) is 31.5 Å². The molecule has 0 bridgehead atoms. The van der Waals surface area contributed by atoms with Crippen LogP contribution in [0.25, 0.3) is 0 Å². The first-order chi connectivity index (χ1) is 12.1. The Kier molecular flexibility index (Phi) is 5.54. The second-order valence-corrected chi connectivity index (χ2v) is 6.15. The van der Waals surface area contributed by atoms with Gasteiger partial charge < -0.3 is 10.4 Å². The van der Waals surface area contributed by atoms with Crippen molar-refractivity contribution >= 4 is 11.8 Å². The molecular formula is C16H23N7O2.